The lowest BCUT2D eigenvalue weighted by molar-refractivity contribution is -0.135. The molecule has 6 nitrogen and oxygen atoms in total. The first-order valence-electron chi connectivity index (χ1n) is 8.06. The van der Waals surface area contributed by atoms with Gasteiger partial charge in [0, 0.05) is 38.3 Å². The molecule has 1 aromatic rings. The lowest BCUT2D eigenvalue weighted by Gasteiger charge is -2.36. The van der Waals surface area contributed by atoms with E-state index in [1.54, 1.807) is 7.05 Å². The monoisotopic (exact) mass is 329 g/mol. The number of hydrogen-bond acceptors (Lipinski definition) is 3. The molecule has 0 bridgehead atoms. The molecule has 1 saturated carbocycles. The molecule has 1 N–H and O–H groups in total. The van der Waals surface area contributed by atoms with E-state index in [1.165, 1.54) is 18.2 Å². The molecular formula is C17H20FN5O. The van der Waals surface area contributed by atoms with Gasteiger partial charge >= 0.3 is 0 Å². The van der Waals surface area contributed by atoms with E-state index in [0.29, 0.717) is 36.2 Å². The number of carbonyl (C=O) groups is 1. The van der Waals surface area contributed by atoms with Crippen LogP contribution in [-0.2, 0) is 11.3 Å². The number of aliphatic imine (C=N–C) groups is 1. The Kier molecular flexibility index (Phi) is 4.65. The van der Waals surface area contributed by atoms with Crippen LogP contribution in [0, 0.1) is 17.1 Å². The van der Waals surface area contributed by atoms with Gasteiger partial charge < -0.3 is 15.1 Å². The lowest BCUT2D eigenvalue weighted by atomic mass is 10.1. The molecule has 7 heteroatoms. The van der Waals surface area contributed by atoms with Crippen LogP contribution in [0.1, 0.15) is 24.0 Å². The number of guanidine groups is 1. The van der Waals surface area contributed by atoms with E-state index in [1.807, 2.05) is 15.9 Å². The molecule has 1 amide bonds. The average molecular weight is 329 g/mol. The van der Waals surface area contributed by atoms with Gasteiger partial charge in [-0.25, -0.2) is 4.39 Å². The molecule has 1 aliphatic heterocycles. The summed E-state index contributed by atoms with van der Waals surface area (Å²) in [7, 11) is 1.64. The van der Waals surface area contributed by atoms with Crippen LogP contribution in [0.3, 0.4) is 0 Å². The van der Waals surface area contributed by atoms with Crippen LogP contribution in [0.4, 0.5) is 4.39 Å². The summed E-state index contributed by atoms with van der Waals surface area (Å²) in [5, 5.41) is 12.0. The second-order valence-electron chi connectivity index (χ2n) is 6.06. The van der Waals surface area contributed by atoms with Gasteiger partial charge in [-0.2, -0.15) is 5.26 Å². The van der Waals surface area contributed by atoms with Gasteiger partial charge in [0.2, 0.25) is 5.91 Å². The number of rotatable bonds is 3. The molecule has 3 rings (SSSR count). The molecule has 126 valence electrons. The Bertz CT molecular complexity index is 707. The van der Waals surface area contributed by atoms with Crippen LogP contribution in [-0.4, -0.2) is 54.4 Å². The summed E-state index contributed by atoms with van der Waals surface area (Å²) in [5.74, 6) is 0.316. The van der Waals surface area contributed by atoms with Crippen molar-refractivity contribution in [1.82, 2.24) is 15.1 Å². The summed E-state index contributed by atoms with van der Waals surface area (Å²) in [4.78, 5) is 20.2. The first-order chi connectivity index (χ1) is 11.6. The topological polar surface area (TPSA) is 71.7 Å². The molecule has 0 radical (unpaired) electrons. The smallest absolute Gasteiger partial charge is 0.242 e. The van der Waals surface area contributed by atoms with Crippen LogP contribution in [0.2, 0.25) is 0 Å². The van der Waals surface area contributed by atoms with Crippen LogP contribution in [0.5, 0.6) is 0 Å². The highest BCUT2D eigenvalue weighted by atomic mass is 19.1. The number of nitrogens with zero attached hydrogens (tertiary/aromatic N) is 4. The van der Waals surface area contributed by atoms with Crippen LogP contribution < -0.4 is 5.32 Å². The third-order valence-electron chi connectivity index (χ3n) is 4.37. The Balaban J connectivity index is 1.61. The number of benzene rings is 1. The number of piperazine rings is 1. The van der Waals surface area contributed by atoms with Gasteiger partial charge in [0.05, 0.1) is 18.2 Å². The van der Waals surface area contributed by atoms with Crippen molar-refractivity contribution in [2.45, 2.75) is 25.4 Å². The Morgan fingerprint density at radius 1 is 1.46 bits per heavy atom. The fourth-order valence-electron chi connectivity index (χ4n) is 2.93. The molecule has 1 aromatic carbocycles. The Morgan fingerprint density at radius 3 is 2.88 bits per heavy atom. The maximum Gasteiger partial charge on any atom is 0.242 e. The number of halogens is 1. The van der Waals surface area contributed by atoms with Gasteiger partial charge in [-0.15, -0.1) is 0 Å². The first-order valence-corrected chi connectivity index (χ1v) is 8.06. The maximum absolute atomic E-state index is 13.8. The fourth-order valence-corrected chi connectivity index (χ4v) is 2.93. The van der Waals surface area contributed by atoms with Crippen molar-refractivity contribution in [2.24, 2.45) is 4.99 Å². The second-order valence-corrected chi connectivity index (χ2v) is 6.06. The lowest BCUT2D eigenvalue weighted by Crippen LogP contribution is -2.55. The van der Waals surface area contributed by atoms with E-state index in [-0.39, 0.29) is 24.8 Å². The molecular weight excluding hydrogens is 309 g/mol. The van der Waals surface area contributed by atoms with Gasteiger partial charge in [0.15, 0.2) is 5.96 Å². The van der Waals surface area contributed by atoms with Gasteiger partial charge in [0.25, 0.3) is 0 Å². The molecule has 1 aliphatic carbocycles. The SMILES string of the molecule is CN=C(NCc1cc(C#N)ccc1F)N1CCN(C2CC2)C(=O)C1. The minimum Gasteiger partial charge on any atom is -0.352 e. The molecule has 0 spiro atoms. The van der Waals surface area contributed by atoms with E-state index < -0.39 is 0 Å². The second kappa shape index (κ2) is 6.87. The normalized spacial score (nSPS) is 18.5. The zero-order valence-electron chi connectivity index (χ0n) is 13.6. The Hall–Kier alpha value is -2.62. The van der Waals surface area contributed by atoms with E-state index in [4.69, 9.17) is 5.26 Å². The summed E-state index contributed by atoms with van der Waals surface area (Å²) in [6, 6.07) is 6.69. The molecule has 0 atom stereocenters. The van der Waals surface area contributed by atoms with Crippen LogP contribution in [0.25, 0.3) is 0 Å². The minimum atomic E-state index is -0.369. The summed E-state index contributed by atoms with van der Waals surface area (Å²) >= 11 is 0. The van der Waals surface area contributed by atoms with E-state index in [0.717, 1.165) is 12.8 Å². The van der Waals surface area contributed by atoms with Crippen molar-refractivity contribution < 1.29 is 9.18 Å². The van der Waals surface area contributed by atoms with E-state index in [9.17, 15) is 9.18 Å². The van der Waals surface area contributed by atoms with Gasteiger partial charge in [-0.3, -0.25) is 9.79 Å². The fraction of sp³-hybridized carbons (Fsp3) is 0.471. The number of hydrogen-bond donors (Lipinski definition) is 1. The zero-order valence-corrected chi connectivity index (χ0v) is 13.6. The van der Waals surface area contributed by atoms with Crippen molar-refractivity contribution in [2.75, 3.05) is 26.7 Å². The van der Waals surface area contributed by atoms with E-state index in [2.05, 4.69) is 10.3 Å². The third-order valence-corrected chi connectivity index (χ3v) is 4.37. The van der Waals surface area contributed by atoms with Crippen LogP contribution >= 0.6 is 0 Å². The minimum absolute atomic E-state index is 0.115. The zero-order chi connectivity index (χ0) is 17.1. The number of carbonyl (C=O) groups excluding carboxylic acids is 1. The van der Waals surface area contributed by atoms with E-state index >= 15 is 0 Å². The summed E-state index contributed by atoms with van der Waals surface area (Å²) in [5.41, 5.74) is 0.814. The van der Waals surface area contributed by atoms with Crippen molar-refractivity contribution >= 4 is 11.9 Å². The molecule has 0 unspecified atom stereocenters. The first kappa shape index (κ1) is 16.2. The molecule has 1 saturated heterocycles. The highest BCUT2D eigenvalue weighted by Crippen LogP contribution is 2.28. The highest BCUT2D eigenvalue weighted by Gasteiger charge is 2.36. The van der Waals surface area contributed by atoms with Crippen molar-refractivity contribution in [3.05, 3.63) is 35.1 Å². The summed E-state index contributed by atoms with van der Waals surface area (Å²) in [6.45, 7) is 1.91. The average Bonchev–Trinajstić information content (AvgIpc) is 3.42. The quantitative estimate of drug-likeness (QED) is 0.665. The molecule has 1 heterocycles. The summed E-state index contributed by atoms with van der Waals surface area (Å²) < 4.78 is 13.8. The Labute approximate surface area is 140 Å². The van der Waals surface area contributed by atoms with Crippen LogP contribution in [0.15, 0.2) is 23.2 Å². The van der Waals surface area contributed by atoms with Gasteiger partial charge in [-0.1, -0.05) is 0 Å². The van der Waals surface area contributed by atoms with Gasteiger partial charge in [-0.05, 0) is 31.0 Å². The number of nitriles is 1. The third kappa shape index (κ3) is 3.48. The van der Waals surface area contributed by atoms with Crippen molar-refractivity contribution in [1.29, 1.82) is 5.26 Å². The predicted molar refractivity (Wildman–Crippen MR) is 87.6 cm³/mol. The standard InChI is InChI=1S/C17H20FN5O/c1-20-17(21-10-13-8-12(9-19)2-5-15(13)18)22-6-7-23(14-3-4-14)16(24)11-22/h2,5,8,14H,3-4,6-7,10-11H2,1H3,(H,20,21). The molecule has 0 aromatic heterocycles. The molecule has 2 fully saturated rings. The maximum atomic E-state index is 13.8. The van der Waals surface area contributed by atoms with Crippen molar-refractivity contribution in [3.63, 3.8) is 0 Å². The van der Waals surface area contributed by atoms with Gasteiger partial charge in [0.1, 0.15) is 5.82 Å². The largest absolute Gasteiger partial charge is 0.352 e. The Morgan fingerprint density at radius 2 is 2.25 bits per heavy atom. The molecule has 24 heavy (non-hydrogen) atoms. The predicted octanol–water partition coefficient (Wildman–Crippen LogP) is 1.08. The van der Waals surface area contributed by atoms with Crippen molar-refractivity contribution in [3.8, 4) is 6.07 Å². The highest BCUT2D eigenvalue weighted by molar-refractivity contribution is 5.88. The summed E-state index contributed by atoms with van der Waals surface area (Å²) in [6.07, 6.45) is 2.21. The number of nitrogens with one attached hydrogen (secondary N) is 1. The molecule has 2 aliphatic rings. The number of amides is 1.